The number of aliphatic hydroxyl groups excluding tert-OH is 1. The number of rotatable bonds is 4. The third kappa shape index (κ3) is 21.6. The molecule has 0 fully saturated rings. The summed E-state index contributed by atoms with van der Waals surface area (Å²) in [7, 11) is 4.25. The third-order valence-electron chi connectivity index (χ3n) is 5.11. The summed E-state index contributed by atoms with van der Waals surface area (Å²) in [6.07, 6.45) is 19.8. The van der Waals surface area contributed by atoms with Gasteiger partial charge in [0.25, 0.3) is 0 Å². The first-order valence-electron chi connectivity index (χ1n) is 14.1. The average molecular weight is 555 g/mol. The predicted octanol–water partition coefficient (Wildman–Crippen LogP) is 7.18. The monoisotopic (exact) mass is 554 g/mol. The van der Waals surface area contributed by atoms with Gasteiger partial charge >= 0.3 is 0 Å². The van der Waals surface area contributed by atoms with Gasteiger partial charge in [-0.2, -0.15) is 0 Å². The van der Waals surface area contributed by atoms with Crippen LogP contribution in [0.2, 0.25) is 0 Å². The van der Waals surface area contributed by atoms with E-state index in [9.17, 15) is 0 Å². The molecular formula is C34H58N4O2. The molecule has 0 saturated carbocycles. The fourth-order valence-corrected chi connectivity index (χ4v) is 3.19. The Hall–Kier alpha value is -3.32. The Morgan fingerprint density at radius 1 is 1.05 bits per heavy atom. The molecule has 0 radical (unpaired) electrons. The summed E-state index contributed by atoms with van der Waals surface area (Å²) in [6, 6.07) is 10.5. The van der Waals surface area contributed by atoms with E-state index in [0.29, 0.717) is 6.67 Å². The highest BCUT2D eigenvalue weighted by Gasteiger charge is 2.06. The van der Waals surface area contributed by atoms with Crippen LogP contribution in [0.4, 0.5) is 0 Å². The summed E-state index contributed by atoms with van der Waals surface area (Å²) in [6.45, 7) is 17.2. The zero-order valence-corrected chi connectivity index (χ0v) is 26.7. The topological polar surface area (TPSA) is 91.6 Å². The number of allylic oxidation sites excluding steroid dienone is 12. The first-order chi connectivity index (χ1) is 19.5. The number of nitrogens with one attached hydrogen (secondary N) is 3. The van der Waals surface area contributed by atoms with Crippen molar-refractivity contribution in [1.29, 1.82) is 0 Å². The normalized spacial score (nSPS) is 14.7. The molecule has 0 unspecified atom stereocenters. The van der Waals surface area contributed by atoms with E-state index in [-0.39, 0.29) is 0 Å². The molecule has 1 aromatic carbocycles. The molecule has 1 aromatic rings. The molecule has 4 rings (SSSR count). The van der Waals surface area contributed by atoms with E-state index in [4.69, 9.17) is 10.8 Å². The summed E-state index contributed by atoms with van der Waals surface area (Å²) in [5.41, 5.74) is 13.3. The van der Waals surface area contributed by atoms with Gasteiger partial charge in [0.15, 0.2) is 0 Å². The molecule has 226 valence electrons. The summed E-state index contributed by atoms with van der Waals surface area (Å²) in [4.78, 5) is 0. The average Bonchev–Trinajstić information content (AvgIpc) is 3.53. The lowest BCUT2D eigenvalue weighted by Gasteiger charge is -2.15. The summed E-state index contributed by atoms with van der Waals surface area (Å²) >= 11 is 0. The van der Waals surface area contributed by atoms with Crippen molar-refractivity contribution >= 4 is 5.57 Å². The van der Waals surface area contributed by atoms with Crippen molar-refractivity contribution in [2.24, 2.45) is 5.73 Å². The van der Waals surface area contributed by atoms with Crippen molar-refractivity contribution < 1.29 is 9.84 Å². The quantitative estimate of drug-likeness (QED) is 0.253. The van der Waals surface area contributed by atoms with E-state index in [1.54, 1.807) is 14.2 Å². The second kappa shape index (κ2) is 31.9. The number of methoxy groups -OCH3 is 1. The number of hydrogen-bond donors (Lipinski definition) is 5. The molecule has 2 aliphatic carbocycles. The molecule has 0 atom stereocenters. The molecule has 6 nitrogen and oxygen atoms in total. The van der Waals surface area contributed by atoms with Gasteiger partial charge in [0.2, 0.25) is 0 Å². The second-order valence-electron chi connectivity index (χ2n) is 7.83. The van der Waals surface area contributed by atoms with Crippen molar-refractivity contribution in [2.75, 3.05) is 34.7 Å². The molecule has 6 heteroatoms. The van der Waals surface area contributed by atoms with Crippen molar-refractivity contribution in [3.63, 3.8) is 0 Å². The van der Waals surface area contributed by atoms with Crippen LogP contribution in [0, 0.1) is 0 Å². The Morgan fingerprint density at radius 2 is 1.68 bits per heavy atom. The molecule has 6 N–H and O–H groups in total. The summed E-state index contributed by atoms with van der Waals surface area (Å²) < 4.78 is 4.25. The van der Waals surface area contributed by atoms with E-state index < -0.39 is 0 Å². The molecule has 0 aromatic heterocycles. The van der Waals surface area contributed by atoms with Crippen molar-refractivity contribution in [3.05, 3.63) is 114 Å². The lowest BCUT2D eigenvalue weighted by Crippen LogP contribution is -2.22. The van der Waals surface area contributed by atoms with Crippen LogP contribution < -0.4 is 21.7 Å². The van der Waals surface area contributed by atoms with Gasteiger partial charge in [-0.15, -0.1) is 0 Å². The lowest BCUT2D eigenvalue weighted by molar-refractivity contribution is 0.277. The van der Waals surface area contributed by atoms with E-state index in [0.717, 1.165) is 33.0 Å². The minimum absolute atomic E-state index is 0.514. The van der Waals surface area contributed by atoms with Gasteiger partial charge in [0.05, 0.1) is 13.3 Å². The smallest absolute Gasteiger partial charge is 0.0843 e. The van der Waals surface area contributed by atoms with Gasteiger partial charge in [0, 0.05) is 38.9 Å². The van der Waals surface area contributed by atoms with Gasteiger partial charge < -0.3 is 31.5 Å². The molecule has 3 aliphatic rings. The predicted molar refractivity (Wildman–Crippen MR) is 178 cm³/mol. The first kappa shape index (κ1) is 41.2. The van der Waals surface area contributed by atoms with Crippen LogP contribution in [0.25, 0.3) is 5.57 Å². The SMILES string of the molecule is C=C/C(C)=C1/C=CC=CC1.CC.CC.CC1=CNCN1.CO.COC.NCNC1=CC=C(c2ccccc2)CC1. The fraction of sp³-hybridized carbons (Fsp3) is 0.412. The highest BCUT2D eigenvalue weighted by Crippen LogP contribution is 2.25. The minimum atomic E-state index is 0.514. The van der Waals surface area contributed by atoms with Crippen LogP contribution in [0.3, 0.4) is 0 Å². The third-order valence-corrected chi connectivity index (χ3v) is 5.11. The van der Waals surface area contributed by atoms with Crippen molar-refractivity contribution in [3.8, 4) is 0 Å². The van der Waals surface area contributed by atoms with Gasteiger partial charge in [-0.1, -0.05) is 101 Å². The fourth-order valence-electron chi connectivity index (χ4n) is 3.19. The summed E-state index contributed by atoms with van der Waals surface area (Å²) in [5, 5.41) is 16.2. The van der Waals surface area contributed by atoms with Crippen molar-refractivity contribution in [2.45, 2.75) is 60.8 Å². The number of aliphatic hydroxyl groups is 1. The number of hydrogen-bond acceptors (Lipinski definition) is 6. The van der Waals surface area contributed by atoms with Crippen LogP contribution in [-0.2, 0) is 4.74 Å². The number of ether oxygens (including phenoxy) is 1. The van der Waals surface area contributed by atoms with Gasteiger partial charge in [0.1, 0.15) is 0 Å². The molecule has 0 bridgehead atoms. The van der Waals surface area contributed by atoms with Crippen LogP contribution >= 0.6 is 0 Å². The Bertz CT molecular complexity index is 911. The molecular weight excluding hydrogens is 496 g/mol. The van der Waals surface area contributed by atoms with Gasteiger partial charge in [-0.3, -0.25) is 0 Å². The maximum Gasteiger partial charge on any atom is 0.0843 e. The van der Waals surface area contributed by atoms with Crippen LogP contribution in [0.5, 0.6) is 0 Å². The first-order valence-corrected chi connectivity index (χ1v) is 14.1. The minimum Gasteiger partial charge on any atom is -0.400 e. The van der Waals surface area contributed by atoms with E-state index >= 15 is 0 Å². The van der Waals surface area contributed by atoms with Gasteiger partial charge in [-0.25, -0.2) is 0 Å². The zero-order chi connectivity index (χ0) is 31.0. The van der Waals surface area contributed by atoms with Crippen LogP contribution in [-0.4, -0.2) is 39.8 Å². The molecule has 0 saturated heterocycles. The maximum absolute atomic E-state index is 7.00. The molecule has 1 aliphatic heterocycles. The standard InChI is InChI=1S/C13H16N2.C10H12.C4H8N2.C2H6O.2C2H6.CH4O/c14-10-15-13-8-6-12(7-9-13)11-4-2-1-3-5-11;1-3-9(2)10-7-5-4-6-8-10;1-4-2-5-3-6-4;1-3-2;3*1-2/h1-6,8,15H,7,9-10,14H2;3-7H,1,8H2,2H3;2,5-6H,3H2,1H3;1-2H3;2*1-2H3;2H,1H3/b;10-9-;;;;;. The second-order valence-corrected chi connectivity index (χ2v) is 7.83. The maximum atomic E-state index is 7.00. The van der Waals surface area contributed by atoms with Gasteiger partial charge in [-0.05, 0) is 61.5 Å². The van der Waals surface area contributed by atoms with E-state index in [2.05, 4.69) is 94.9 Å². The van der Waals surface area contributed by atoms with E-state index in [1.165, 1.54) is 33.7 Å². The number of nitrogens with two attached hydrogens (primary N) is 1. The highest BCUT2D eigenvalue weighted by molar-refractivity contribution is 5.68. The van der Waals surface area contributed by atoms with Crippen LogP contribution in [0.15, 0.2) is 108 Å². The van der Waals surface area contributed by atoms with Crippen molar-refractivity contribution in [1.82, 2.24) is 16.0 Å². The Balaban J connectivity index is -0.000000475. The number of benzene rings is 1. The molecule has 0 spiro atoms. The van der Waals surface area contributed by atoms with Crippen LogP contribution in [0.1, 0.15) is 66.4 Å². The van der Waals surface area contributed by atoms with E-state index in [1.807, 2.05) is 53.0 Å². The lowest BCUT2D eigenvalue weighted by atomic mass is 9.96. The largest absolute Gasteiger partial charge is 0.400 e. The Morgan fingerprint density at radius 3 is 2.05 bits per heavy atom. The molecule has 40 heavy (non-hydrogen) atoms. The highest BCUT2D eigenvalue weighted by atomic mass is 16.4. The summed E-state index contributed by atoms with van der Waals surface area (Å²) in [5.74, 6) is 0. The Labute approximate surface area is 246 Å². The molecule has 0 amide bonds. The molecule has 1 heterocycles. The Kier molecular flexibility index (Phi) is 32.8. The zero-order valence-electron chi connectivity index (χ0n) is 26.7.